The van der Waals surface area contributed by atoms with Gasteiger partial charge in [-0.05, 0) is 64.9 Å². The van der Waals surface area contributed by atoms with Crippen LogP contribution in [0.4, 0.5) is 10.6 Å². The Morgan fingerprint density at radius 1 is 1.16 bits per heavy atom. The van der Waals surface area contributed by atoms with Crippen LogP contribution in [0.5, 0.6) is 0 Å². The van der Waals surface area contributed by atoms with Crippen LogP contribution in [0.3, 0.4) is 0 Å². The number of aromatic nitrogens is 3. The Hall–Kier alpha value is -1.76. The molecule has 0 unspecified atom stereocenters. The average Bonchev–Trinajstić information content (AvgIpc) is 3.41. The van der Waals surface area contributed by atoms with Crippen LogP contribution in [0, 0.1) is 0 Å². The quantitative estimate of drug-likeness (QED) is 0.351. The Morgan fingerprint density at radius 2 is 1.84 bits per heavy atom. The van der Waals surface area contributed by atoms with Gasteiger partial charge in [0.05, 0.1) is 18.2 Å². The zero-order valence-electron chi connectivity index (χ0n) is 24.0. The van der Waals surface area contributed by atoms with E-state index in [2.05, 4.69) is 49.3 Å². The second kappa shape index (κ2) is 9.71. The molecule has 4 rings (SSSR count). The maximum absolute atomic E-state index is 12.4. The molecule has 4 atom stereocenters. The van der Waals surface area contributed by atoms with Crippen LogP contribution in [0.25, 0.3) is 5.52 Å². The third-order valence-electron chi connectivity index (χ3n) is 7.41. The van der Waals surface area contributed by atoms with Crippen molar-refractivity contribution >= 4 is 37.3 Å². The number of nitrogens with one attached hydrogen (secondary N) is 1. The summed E-state index contributed by atoms with van der Waals surface area (Å²) in [5, 5.41) is 7.19. The van der Waals surface area contributed by atoms with E-state index in [9.17, 15) is 4.79 Å². The number of ether oxygens (including phenoxy) is 4. The summed E-state index contributed by atoms with van der Waals surface area (Å²) in [5.41, 5.74) is -0.246. The highest BCUT2D eigenvalue weighted by molar-refractivity contribution is 6.74. The number of hydrogen-bond donors (Lipinski definition) is 1. The topological polar surface area (TPSA) is 105 Å². The normalized spacial score (nSPS) is 27.5. The van der Waals surface area contributed by atoms with E-state index in [4.69, 9.17) is 35.0 Å². The SMILES string of the molecule is CC(C)(C)OC(=O)Nc1ncnn2c([C@@H]3O[C@](CCl)(CO[Si](C)(C)C(C)(C)C)[C@H]4OC(C)(C)O[C@@H]34)ccc12. The van der Waals surface area contributed by atoms with Crippen molar-refractivity contribution in [3.63, 3.8) is 0 Å². The van der Waals surface area contributed by atoms with Crippen molar-refractivity contribution in [2.75, 3.05) is 17.8 Å². The van der Waals surface area contributed by atoms with Gasteiger partial charge in [0.25, 0.3) is 0 Å². The number of hydrogen-bond acceptors (Lipinski definition) is 8. The minimum Gasteiger partial charge on any atom is -0.444 e. The highest BCUT2D eigenvalue weighted by Crippen LogP contribution is 2.51. The Morgan fingerprint density at radius 3 is 2.45 bits per heavy atom. The van der Waals surface area contributed by atoms with Crippen LogP contribution in [0.1, 0.15) is 67.2 Å². The predicted octanol–water partition coefficient (Wildman–Crippen LogP) is 5.67. The first-order valence-corrected chi connectivity index (χ1v) is 16.4. The molecule has 0 spiro atoms. The number of fused-ring (bicyclic) bond motifs is 2. The number of halogens is 1. The molecular weight excluding hydrogens is 528 g/mol. The Bertz CT molecular complexity index is 1190. The number of anilines is 1. The maximum atomic E-state index is 12.4. The molecule has 1 amide bonds. The minimum absolute atomic E-state index is 0.0242. The largest absolute Gasteiger partial charge is 0.444 e. The average molecular weight is 569 g/mol. The van der Waals surface area contributed by atoms with Crippen molar-refractivity contribution in [3.8, 4) is 0 Å². The van der Waals surface area contributed by atoms with E-state index in [1.165, 1.54) is 6.33 Å². The van der Waals surface area contributed by atoms with Gasteiger partial charge >= 0.3 is 6.09 Å². The molecule has 2 aromatic heterocycles. The van der Waals surface area contributed by atoms with Crippen molar-refractivity contribution in [1.29, 1.82) is 0 Å². The first-order valence-electron chi connectivity index (χ1n) is 12.9. The first kappa shape index (κ1) is 29.2. The Kier molecular flexibility index (Phi) is 7.46. The molecule has 2 fully saturated rings. The number of amides is 1. The lowest BCUT2D eigenvalue weighted by Crippen LogP contribution is -2.53. The molecule has 2 aliphatic rings. The molecule has 212 valence electrons. The second-order valence-electron chi connectivity index (χ2n) is 13.1. The predicted molar refractivity (Wildman–Crippen MR) is 147 cm³/mol. The monoisotopic (exact) mass is 568 g/mol. The van der Waals surface area contributed by atoms with Gasteiger partial charge in [0.15, 0.2) is 19.9 Å². The summed E-state index contributed by atoms with van der Waals surface area (Å²) < 4.78 is 33.2. The zero-order valence-corrected chi connectivity index (χ0v) is 25.8. The van der Waals surface area contributed by atoms with E-state index in [1.54, 1.807) is 25.3 Å². The summed E-state index contributed by atoms with van der Waals surface area (Å²) >= 11 is 6.63. The first-order chi connectivity index (χ1) is 17.4. The molecular formula is C26H41ClN4O6Si. The van der Waals surface area contributed by atoms with Crippen LogP contribution in [-0.4, -0.2) is 70.7 Å². The molecule has 10 nitrogen and oxygen atoms in total. The van der Waals surface area contributed by atoms with E-state index in [0.29, 0.717) is 11.3 Å². The molecule has 38 heavy (non-hydrogen) atoms. The summed E-state index contributed by atoms with van der Waals surface area (Å²) in [5.74, 6) is -0.330. The number of alkyl halides is 1. The van der Waals surface area contributed by atoms with Crippen LogP contribution in [0.15, 0.2) is 18.5 Å². The van der Waals surface area contributed by atoms with Gasteiger partial charge in [-0.1, -0.05) is 20.8 Å². The van der Waals surface area contributed by atoms with E-state index in [0.717, 1.165) is 5.69 Å². The van der Waals surface area contributed by atoms with Gasteiger partial charge in [-0.3, -0.25) is 5.32 Å². The van der Waals surface area contributed by atoms with Crippen molar-refractivity contribution in [3.05, 3.63) is 24.2 Å². The van der Waals surface area contributed by atoms with Gasteiger partial charge in [0.1, 0.15) is 41.4 Å². The molecule has 2 saturated heterocycles. The van der Waals surface area contributed by atoms with Crippen LogP contribution in [-0.2, 0) is 23.4 Å². The number of rotatable bonds is 6. The van der Waals surface area contributed by atoms with Crippen LogP contribution in [0.2, 0.25) is 18.1 Å². The van der Waals surface area contributed by atoms with Crippen molar-refractivity contribution in [2.45, 2.75) is 109 Å². The Balaban J connectivity index is 1.67. The third-order valence-corrected chi connectivity index (χ3v) is 12.3. The van der Waals surface area contributed by atoms with E-state index < -0.39 is 49.7 Å². The smallest absolute Gasteiger partial charge is 0.413 e. The third kappa shape index (κ3) is 5.59. The van der Waals surface area contributed by atoms with Crippen LogP contribution < -0.4 is 5.32 Å². The van der Waals surface area contributed by atoms with Gasteiger partial charge in [-0.2, -0.15) is 5.10 Å². The molecule has 0 saturated carbocycles. The molecule has 2 aliphatic heterocycles. The maximum Gasteiger partial charge on any atom is 0.413 e. The number of carbonyl (C=O) groups is 1. The summed E-state index contributed by atoms with van der Waals surface area (Å²) in [4.78, 5) is 16.7. The Labute approximate surface area is 230 Å². The van der Waals surface area contributed by atoms with E-state index >= 15 is 0 Å². The minimum atomic E-state index is -2.10. The summed E-state index contributed by atoms with van der Waals surface area (Å²) in [6.45, 7) is 20.4. The highest BCUT2D eigenvalue weighted by Gasteiger charge is 2.64. The summed E-state index contributed by atoms with van der Waals surface area (Å²) in [7, 11) is -2.10. The number of nitrogens with zero attached hydrogens (tertiary/aromatic N) is 3. The lowest BCUT2D eigenvalue weighted by molar-refractivity contribution is -0.211. The molecule has 0 aromatic carbocycles. The van der Waals surface area contributed by atoms with Gasteiger partial charge in [0.2, 0.25) is 0 Å². The lowest BCUT2D eigenvalue weighted by atomic mass is 9.96. The van der Waals surface area contributed by atoms with Crippen molar-refractivity contribution < 1.29 is 28.2 Å². The lowest BCUT2D eigenvalue weighted by Gasteiger charge is -2.40. The molecule has 0 aliphatic carbocycles. The fourth-order valence-corrected chi connectivity index (χ4v) is 5.81. The highest BCUT2D eigenvalue weighted by atomic mass is 35.5. The molecule has 0 bridgehead atoms. The molecule has 1 N–H and O–H groups in total. The van der Waals surface area contributed by atoms with Gasteiger partial charge in [0, 0.05) is 0 Å². The van der Waals surface area contributed by atoms with Gasteiger partial charge in [-0.25, -0.2) is 14.3 Å². The second-order valence-corrected chi connectivity index (χ2v) is 18.2. The van der Waals surface area contributed by atoms with E-state index in [-0.39, 0.29) is 17.5 Å². The molecule has 2 aromatic rings. The molecule has 0 radical (unpaired) electrons. The zero-order chi connectivity index (χ0) is 28.3. The van der Waals surface area contributed by atoms with Crippen LogP contribution >= 0.6 is 11.6 Å². The number of carbonyl (C=O) groups excluding carboxylic acids is 1. The summed E-state index contributed by atoms with van der Waals surface area (Å²) in [6.07, 6.45) is -0.661. The standard InChI is InChI=1S/C26H41ClN4O6Si/c1-23(2,3)37-22(32)30-21-17-12-11-16(31(17)29-15-28-21)18-19-20(36-25(7,8)34-19)26(13-27,35-18)14-33-38(9,10)24(4,5)6/h11-12,15,18-20H,13-14H2,1-10H3,(H,28,29,30,32)/t18-,19-,20-,26+/m0/s1. The van der Waals surface area contributed by atoms with Crippen molar-refractivity contribution in [2.24, 2.45) is 0 Å². The molecule has 4 heterocycles. The van der Waals surface area contributed by atoms with Gasteiger partial charge in [-0.15, -0.1) is 11.6 Å². The van der Waals surface area contributed by atoms with E-state index in [1.807, 2.05) is 26.0 Å². The fraction of sp³-hybridized carbons (Fsp3) is 0.731. The van der Waals surface area contributed by atoms with Gasteiger partial charge < -0.3 is 23.4 Å². The molecule has 12 heteroatoms. The fourth-order valence-electron chi connectivity index (χ4n) is 4.48. The summed E-state index contributed by atoms with van der Waals surface area (Å²) in [6, 6.07) is 3.72. The van der Waals surface area contributed by atoms with Crippen molar-refractivity contribution in [1.82, 2.24) is 14.6 Å².